The number of oxazole rings is 1. The van der Waals surface area contributed by atoms with Gasteiger partial charge in [0.1, 0.15) is 0 Å². The molecule has 2 heterocycles. The summed E-state index contributed by atoms with van der Waals surface area (Å²) in [4.78, 5) is 18.0. The molecule has 1 aliphatic rings. The molecule has 5 nitrogen and oxygen atoms in total. The smallest absolute Gasteiger partial charge is 0.291 e. The van der Waals surface area contributed by atoms with Gasteiger partial charge in [0.15, 0.2) is 6.39 Å². The molecule has 1 atom stereocenters. The van der Waals surface area contributed by atoms with E-state index in [9.17, 15) is 4.79 Å². The molecule has 1 saturated heterocycles. The summed E-state index contributed by atoms with van der Waals surface area (Å²) in [6.07, 6.45) is 4.47. The number of nitrogens with zero attached hydrogens (tertiary/aromatic N) is 2. The van der Waals surface area contributed by atoms with Crippen molar-refractivity contribution in [2.24, 2.45) is 0 Å². The highest BCUT2D eigenvalue weighted by Crippen LogP contribution is 2.16. The SMILES string of the molecule is Cc1ncoc1C(=O)N(C)C1CCCNCC1. The van der Waals surface area contributed by atoms with Crippen molar-refractivity contribution >= 4 is 5.91 Å². The minimum absolute atomic E-state index is 0.0631. The molecule has 1 aromatic rings. The Hall–Kier alpha value is -1.36. The summed E-state index contributed by atoms with van der Waals surface area (Å²) < 4.78 is 5.15. The largest absolute Gasteiger partial charge is 0.438 e. The van der Waals surface area contributed by atoms with Crippen molar-refractivity contribution in [3.63, 3.8) is 0 Å². The van der Waals surface area contributed by atoms with E-state index in [-0.39, 0.29) is 5.91 Å². The van der Waals surface area contributed by atoms with Crippen LogP contribution in [0.15, 0.2) is 10.8 Å². The highest BCUT2D eigenvalue weighted by molar-refractivity contribution is 5.92. The second-order valence-corrected chi connectivity index (χ2v) is 4.52. The first kappa shape index (κ1) is 12.1. The molecule has 1 N–H and O–H groups in total. The summed E-state index contributed by atoms with van der Waals surface area (Å²) in [7, 11) is 1.85. The summed E-state index contributed by atoms with van der Waals surface area (Å²) in [5.74, 6) is 0.302. The zero-order chi connectivity index (χ0) is 12.3. The quantitative estimate of drug-likeness (QED) is 0.839. The molecular formula is C12H19N3O2. The van der Waals surface area contributed by atoms with E-state index in [1.165, 1.54) is 6.39 Å². The number of amides is 1. The first-order valence-corrected chi connectivity index (χ1v) is 6.08. The Kier molecular flexibility index (Phi) is 3.78. The van der Waals surface area contributed by atoms with Gasteiger partial charge in [-0.1, -0.05) is 0 Å². The highest BCUT2D eigenvalue weighted by Gasteiger charge is 2.25. The van der Waals surface area contributed by atoms with Gasteiger partial charge in [-0.3, -0.25) is 4.79 Å². The molecule has 1 aromatic heterocycles. The molecule has 0 aromatic carbocycles. The fraction of sp³-hybridized carbons (Fsp3) is 0.667. The highest BCUT2D eigenvalue weighted by atomic mass is 16.3. The van der Waals surface area contributed by atoms with Crippen molar-refractivity contribution in [3.8, 4) is 0 Å². The lowest BCUT2D eigenvalue weighted by Gasteiger charge is -2.26. The van der Waals surface area contributed by atoms with E-state index in [2.05, 4.69) is 10.3 Å². The maximum absolute atomic E-state index is 12.2. The Morgan fingerprint density at radius 3 is 3.06 bits per heavy atom. The molecule has 1 aliphatic heterocycles. The molecule has 0 saturated carbocycles. The van der Waals surface area contributed by atoms with Crippen molar-refractivity contribution in [3.05, 3.63) is 17.8 Å². The summed E-state index contributed by atoms with van der Waals surface area (Å²) in [5.41, 5.74) is 0.661. The Labute approximate surface area is 101 Å². The number of rotatable bonds is 2. The first-order chi connectivity index (χ1) is 8.20. The van der Waals surface area contributed by atoms with Crippen LogP contribution in [-0.2, 0) is 0 Å². The molecule has 0 radical (unpaired) electrons. The number of hydrogen-bond acceptors (Lipinski definition) is 4. The van der Waals surface area contributed by atoms with Gasteiger partial charge >= 0.3 is 0 Å². The van der Waals surface area contributed by atoms with Crippen LogP contribution < -0.4 is 5.32 Å². The van der Waals surface area contributed by atoms with Crippen molar-refractivity contribution in [2.45, 2.75) is 32.2 Å². The number of aromatic nitrogens is 1. The van der Waals surface area contributed by atoms with Crippen LogP contribution in [0.4, 0.5) is 0 Å². The lowest BCUT2D eigenvalue weighted by Crippen LogP contribution is -2.37. The van der Waals surface area contributed by atoms with Crippen LogP contribution in [0.1, 0.15) is 35.5 Å². The first-order valence-electron chi connectivity index (χ1n) is 6.08. The Morgan fingerprint density at radius 2 is 2.35 bits per heavy atom. The number of carbonyl (C=O) groups is 1. The fourth-order valence-electron chi connectivity index (χ4n) is 2.22. The van der Waals surface area contributed by atoms with Gasteiger partial charge in [0.25, 0.3) is 5.91 Å². The molecule has 1 unspecified atom stereocenters. The van der Waals surface area contributed by atoms with Crippen LogP contribution in [0.3, 0.4) is 0 Å². The van der Waals surface area contributed by atoms with Crippen LogP contribution >= 0.6 is 0 Å². The molecule has 0 spiro atoms. The second-order valence-electron chi connectivity index (χ2n) is 4.52. The van der Waals surface area contributed by atoms with Gasteiger partial charge in [0.2, 0.25) is 5.76 Å². The topological polar surface area (TPSA) is 58.4 Å². The van der Waals surface area contributed by atoms with E-state index in [1.807, 2.05) is 7.05 Å². The van der Waals surface area contributed by atoms with E-state index >= 15 is 0 Å². The van der Waals surface area contributed by atoms with Gasteiger partial charge in [0.05, 0.1) is 5.69 Å². The van der Waals surface area contributed by atoms with Crippen LogP contribution in [0.2, 0.25) is 0 Å². The summed E-state index contributed by atoms with van der Waals surface area (Å²) in [5, 5.41) is 3.34. The Balaban J connectivity index is 2.06. The van der Waals surface area contributed by atoms with Gasteiger partial charge in [-0.15, -0.1) is 0 Å². The average Bonchev–Trinajstić information content (AvgIpc) is 2.60. The van der Waals surface area contributed by atoms with Gasteiger partial charge < -0.3 is 14.6 Å². The standard InChI is InChI=1S/C12H19N3O2/c1-9-11(17-8-14-9)12(16)15(2)10-4-3-6-13-7-5-10/h8,10,13H,3-7H2,1-2H3. The maximum atomic E-state index is 12.2. The third kappa shape index (κ3) is 2.66. The van der Waals surface area contributed by atoms with Crippen molar-refractivity contribution < 1.29 is 9.21 Å². The number of aryl methyl sites for hydroxylation is 1. The number of hydrogen-bond donors (Lipinski definition) is 1. The number of carbonyl (C=O) groups excluding carboxylic acids is 1. The minimum Gasteiger partial charge on any atom is -0.438 e. The Bertz CT molecular complexity index is 381. The van der Waals surface area contributed by atoms with Crippen LogP contribution in [0.5, 0.6) is 0 Å². The van der Waals surface area contributed by atoms with E-state index in [4.69, 9.17) is 4.42 Å². The van der Waals surface area contributed by atoms with E-state index in [0.717, 1.165) is 32.4 Å². The molecule has 17 heavy (non-hydrogen) atoms. The van der Waals surface area contributed by atoms with E-state index < -0.39 is 0 Å². The molecule has 2 rings (SSSR count). The van der Waals surface area contributed by atoms with Crippen molar-refractivity contribution in [1.29, 1.82) is 0 Å². The molecule has 1 amide bonds. The zero-order valence-corrected chi connectivity index (χ0v) is 10.4. The average molecular weight is 237 g/mol. The molecule has 94 valence electrons. The molecular weight excluding hydrogens is 218 g/mol. The molecule has 0 bridgehead atoms. The summed E-state index contributed by atoms with van der Waals surface area (Å²) in [6, 6.07) is 0.294. The fourth-order valence-corrected chi connectivity index (χ4v) is 2.22. The normalized spacial score (nSPS) is 20.9. The van der Waals surface area contributed by atoms with Crippen LogP contribution in [-0.4, -0.2) is 42.0 Å². The predicted molar refractivity (Wildman–Crippen MR) is 63.8 cm³/mol. The third-order valence-corrected chi connectivity index (χ3v) is 3.35. The molecule has 0 aliphatic carbocycles. The summed E-state index contributed by atoms with van der Waals surface area (Å²) in [6.45, 7) is 3.80. The van der Waals surface area contributed by atoms with Crippen molar-refractivity contribution in [2.75, 3.05) is 20.1 Å². The lowest BCUT2D eigenvalue weighted by atomic mass is 10.1. The third-order valence-electron chi connectivity index (χ3n) is 3.35. The van der Waals surface area contributed by atoms with Gasteiger partial charge in [-0.25, -0.2) is 4.98 Å². The van der Waals surface area contributed by atoms with Gasteiger partial charge in [0, 0.05) is 13.1 Å². The van der Waals surface area contributed by atoms with Crippen LogP contribution in [0.25, 0.3) is 0 Å². The van der Waals surface area contributed by atoms with E-state index in [1.54, 1.807) is 11.8 Å². The summed E-state index contributed by atoms with van der Waals surface area (Å²) >= 11 is 0. The maximum Gasteiger partial charge on any atom is 0.291 e. The van der Waals surface area contributed by atoms with Gasteiger partial charge in [-0.2, -0.15) is 0 Å². The lowest BCUT2D eigenvalue weighted by molar-refractivity contribution is 0.0687. The monoisotopic (exact) mass is 237 g/mol. The minimum atomic E-state index is -0.0631. The van der Waals surface area contributed by atoms with E-state index in [0.29, 0.717) is 17.5 Å². The zero-order valence-electron chi connectivity index (χ0n) is 10.4. The molecule has 1 fully saturated rings. The van der Waals surface area contributed by atoms with Crippen molar-refractivity contribution in [1.82, 2.24) is 15.2 Å². The molecule has 5 heteroatoms. The number of nitrogens with one attached hydrogen (secondary N) is 1. The second kappa shape index (κ2) is 5.31. The van der Waals surface area contributed by atoms with Crippen LogP contribution in [0, 0.1) is 6.92 Å². The predicted octanol–water partition coefficient (Wildman–Crippen LogP) is 1.20. The Morgan fingerprint density at radius 1 is 1.53 bits per heavy atom. The van der Waals surface area contributed by atoms with Gasteiger partial charge in [-0.05, 0) is 39.3 Å².